The molecule has 1 aromatic rings. The zero-order valence-corrected chi connectivity index (χ0v) is 8.10. The van der Waals surface area contributed by atoms with Crippen LogP contribution in [0, 0.1) is 4.91 Å². The molecule has 2 rings (SSSR count). The summed E-state index contributed by atoms with van der Waals surface area (Å²) >= 11 is 0. The fourth-order valence-electron chi connectivity index (χ4n) is 1.46. The number of fused-ring (bicyclic) bond motifs is 1. The van der Waals surface area contributed by atoms with E-state index in [1.807, 2.05) is 0 Å². The molecule has 5 heteroatoms. The molecule has 0 N–H and O–H groups in total. The van der Waals surface area contributed by atoms with Gasteiger partial charge in [-0.25, -0.2) is 0 Å². The molecule has 1 aliphatic heterocycles. The Morgan fingerprint density at radius 3 is 2.67 bits per heavy atom. The van der Waals surface area contributed by atoms with Crippen LogP contribution >= 0.6 is 0 Å². The molecule has 1 unspecified atom stereocenters. The Morgan fingerprint density at radius 1 is 1.40 bits per heavy atom. The van der Waals surface area contributed by atoms with Gasteiger partial charge in [0.2, 0.25) is 6.79 Å². The Balaban J connectivity index is 2.53. The molecule has 0 fully saturated rings. The van der Waals surface area contributed by atoms with Crippen LogP contribution in [0.15, 0.2) is 17.3 Å². The van der Waals surface area contributed by atoms with Crippen molar-refractivity contribution in [2.45, 2.75) is 12.8 Å². The van der Waals surface area contributed by atoms with E-state index in [4.69, 9.17) is 9.47 Å². The first-order valence-corrected chi connectivity index (χ1v) is 4.48. The van der Waals surface area contributed by atoms with E-state index in [-0.39, 0.29) is 18.4 Å². The van der Waals surface area contributed by atoms with Crippen molar-refractivity contribution in [1.29, 1.82) is 0 Å². The highest BCUT2D eigenvalue weighted by Crippen LogP contribution is 2.40. The summed E-state index contributed by atoms with van der Waals surface area (Å²) < 4.78 is 10.3. The Morgan fingerprint density at radius 2 is 2.07 bits per heavy atom. The van der Waals surface area contributed by atoms with Crippen LogP contribution in [0.25, 0.3) is 0 Å². The topological polar surface area (TPSA) is 65.0 Å². The van der Waals surface area contributed by atoms with Crippen molar-refractivity contribution >= 4 is 12.0 Å². The van der Waals surface area contributed by atoms with Crippen molar-refractivity contribution in [3.63, 3.8) is 0 Å². The monoisotopic (exact) mass is 207 g/mol. The van der Waals surface area contributed by atoms with E-state index < -0.39 is 0 Å². The van der Waals surface area contributed by atoms with Crippen molar-refractivity contribution in [2.24, 2.45) is 5.18 Å². The molecule has 0 spiro atoms. The summed E-state index contributed by atoms with van der Waals surface area (Å²) in [5.41, 5.74) is 0.781. The van der Waals surface area contributed by atoms with E-state index in [2.05, 4.69) is 5.18 Å². The molecular formula is C10H9NO4. The lowest BCUT2D eigenvalue weighted by atomic mass is 10.0. The minimum atomic E-state index is -0.382. The molecule has 15 heavy (non-hydrogen) atoms. The van der Waals surface area contributed by atoms with Gasteiger partial charge >= 0.3 is 0 Å². The average Bonchev–Trinajstić information content (AvgIpc) is 2.73. The lowest BCUT2D eigenvalue weighted by Gasteiger charge is -2.07. The number of hydrogen-bond donors (Lipinski definition) is 0. The lowest BCUT2D eigenvalue weighted by Crippen LogP contribution is -1.95. The standard InChI is InChI=1S/C10H9NO4/c1-6(4-12)7-2-9-10(15-5-14-9)3-8(7)11-13/h2-4,6H,5H2,1H3. The normalized spacial score (nSPS) is 14.7. The summed E-state index contributed by atoms with van der Waals surface area (Å²) in [7, 11) is 0. The number of aldehydes is 1. The third-order valence-electron chi connectivity index (χ3n) is 2.31. The summed E-state index contributed by atoms with van der Waals surface area (Å²) in [6.07, 6.45) is 0.756. The van der Waals surface area contributed by atoms with Gasteiger partial charge in [0.1, 0.15) is 12.0 Å². The minimum Gasteiger partial charge on any atom is -0.454 e. The van der Waals surface area contributed by atoms with E-state index in [0.29, 0.717) is 17.1 Å². The number of rotatable bonds is 3. The second-order valence-corrected chi connectivity index (χ2v) is 3.28. The number of nitrogens with zero attached hydrogens (tertiary/aromatic N) is 1. The fraction of sp³-hybridized carbons (Fsp3) is 0.300. The van der Waals surface area contributed by atoms with Gasteiger partial charge in [-0.05, 0) is 16.8 Å². The molecule has 1 aromatic carbocycles. The average molecular weight is 207 g/mol. The molecule has 0 saturated carbocycles. The van der Waals surface area contributed by atoms with Crippen LogP contribution in [0.5, 0.6) is 11.5 Å². The van der Waals surface area contributed by atoms with Crippen LogP contribution in [0.4, 0.5) is 5.69 Å². The molecule has 0 saturated heterocycles. The van der Waals surface area contributed by atoms with Gasteiger partial charge in [0.05, 0.1) is 0 Å². The van der Waals surface area contributed by atoms with E-state index in [1.165, 1.54) is 6.07 Å². The summed E-state index contributed by atoms with van der Waals surface area (Å²) in [4.78, 5) is 21.2. The highest BCUT2D eigenvalue weighted by molar-refractivity contribution is 5.69. The first-order chi connectivity index (χ1) is 7.26. The molecule has 0 aliphatic carbocycles. The predicted octanol–water partition coefficient (Wildman–Crippen LogP) is 2.12. The van der Waals surface area contributed by atoms with Crippen LogP contribution in [0.2, 0.25) is 0 Å². The predicted molar refractivity (Wildman–Crippen MR) is 52.5 cm³/mol. The fourth-order valence-corrected chi connectivity index (χ4v) is 1.46. The molecule has 1 atom stereocenters. The Hall–Kier alpha value is -1.91. The smallest absolute Gasteiger partial charge is 0.231 e. The highest BCUT2D eigenvalue weighted by Gasteiger charge is 2.20. The van der Waals surface area contributed by atoms with Gasteiger partial charge in [0, 0.05) is 12.0 Å². The SMILES string of the molecule is CC(C=O)c1cc2c(cc1N=O)OCO2. The number of carbonyl (C=O) groups excluding carboxylic acids is 1. The highest BCUT2D eigenvalue weighted by atomic mass is 16.7. The number of ether oxygens (including phenoxy) is 2. The third-order valence-corrected chi connectivity index (χ3v) is 2.31. The Bertz CT molecular complexity index is 416. The van der Waals surface area contributed by atoms with Gasteiger partial charge in [-0.3, -0.25) is 0 Å². The summed E-state index contributed by atoms with van der Waals surface area (Å²) in [5, 5.41) is 2.87. The molecule has 1 heterocycles. The van der Waals surface area contributed by atoms with Crippen LogP contribution in [0.1, 0.15) is 18.4 Å². The molecule has 5 nitrogen and oxygen atoms in total. The molecule has 78 valence electrons. The van der Waals surface area contributed by atoms with Gasteiger partial charge in [0.15, 0.2) is 11.5 Å². The third kappa shape index (κ3) is 1.56. The zero-order chi connectivity index (χ0) is 10.8. The first-order valence-electron chi connectivity index (χ1n) is 4.48. The molecular weight excluding hydrogens is 198 g/mol. The molecule has 0 bridgehead atoms. The van der Waals surface area contributed by atoms with Gasteiger partial charge in [-0.1, -0.05) is 6.92 Å². The van der Waals surface area contributed by atoms with E-state index >= 15 is 0 Å². The van der Waals surface area contributed by atoms with E-state index in [1.54, 1.807) is 13.0 Å². The first kappa shape index (κ1) is 9.64. The van der Waals surface area contributed by atoms with E-state index in [9.17, 15) is 9.70 Å². The van der Waals surface area contributed by atoms with Gasteiger partial charge in [-0.15, -0.1) is 4.91 Å². The number of hydrogen-bond acceptors (Lipinski definition) is 5. The Kier molecular flexibility index (Phi) is 2.37. The van der Waals surface area contributed by atoms with Gasteiger partial charge in [-0.2, -0.15) is 0 Å². The van der Waals surface area contributed by atoms with Crippen molar-refractivity contribution in [1.82, 2.24) is 0 Å². The maximum absolute atomic E-state index is 10.7. The maximum atomic E-state index is 10.7. The number of benzene rings is 1. The number of nitroso groups, excluding NO2 is 1. The van der Waals surface area contributed by atoms with E-state index in [0.717, 1.165) is 6.29 Å². The summed E-state index contributed by atoms with van der Waals surface area (Å²) in [5.74, 6) is 0.657. The van der Waals surface area contributed by atoms with Gasteiger partial charge < -0.3 is 14.3 Å². The van der Waals surface area contributed by atoms with Crippen molar-refractivity contribution in [3.05, 3.63) is 22.6 Å². The quantitative estimate of drug-likeness (QED) is 0.562. The van der Waals surface area contributed by atoms with Crippen LogP contribution in [-0.4, -0.2) is 13.1 Å². The van der Waals surface area contributed by atoms with Crippen LogP contribution < -0.4 is 9.47 Å². The minimum absolute atomic E-state index is 0.132. The summed E-state index contributed by atoms with van der Waals surface area (Å²) in [6.45, 7) is 1.83. The van der Waals surface area contributed by atoms with Crippen molar-refractivity contribution < 1.29 is 14.3 Å². The second-order valence-electron chi connectivity index (χ2n) is 3.28. The van der Waals surface area contributed by atoms with Crippen LogP contribution in [0.3, 0.4) is 0 Å². The van der Waals surface area contributed by atoms with Crippen molar-refractivity contribution in [2.75, 3.05) is 6.79 Å². The Labute approximate surface area is 86.0 Å². The molecule has 1 aliphatic rings. The second kappa shape index (κ2) is 3.68. The lowest BCUT2D eigenvalue weighted by molar-refractivity contribution is -0.108. The molecule has 0 radical (unpaired) electrons. The summed E-state index contributed by atoms with van der Waals surface area (Å²) in [6, 6.07) is 3.11. The van der Waals surface area contributed by atoms with Gasteiger partial charge in [0.25, 0.3) is 0 Å². The number of carbonyl (C=O) groups is 1. The maximum Gasteiger partial charge on any atom is 0.231 e. The molecule has 0 amide bonds. The largest absolute Gasteiger partial charge is 0.454 e. The van der Waals surface area contributed by atoms with Crippen molar-refractivity contribution in [3.8, 4) is 11.5 Å². The van der Waals surface area contributed by atoms with Crippen LogP contribution in [-0.2, 0) is 4.79 Å². The zero-order valence-electron chi connectivity index (χ0n) is 8.10. The molecule has 0 aromatic heterocycles.